The molecule has 0 aliphatic carbocycles. The molecule has 0 unspecified atom stereocenters. The lowest BCUT2D eigenvalue weighted by Gasteiger charge is -2.11. The van der Waals surface area contributed by atoms with Crippen LogP contribution in [-0.2, 0) is 16.6 Å². The van der Waals surface area contributed by atoms with Gasteiger partial charge in [-0.1, -0.05) is 24.6 Å². The third-order valence-corrected chi connectivity index (χ3v) is 4.66. The number of anilines is 1. The van der Waals surface area contributed by atoms with Crippen molar-refractivity contribution in [2.24, 2.45) is 0 Å². The van der Waals surface area contributed by atoms with Crippen molar-refractivity contribution in [3.63, 3.8) is 0 Å². The van der Waals surface area contributed by atoms with Crippen LogP contribution in [0.1, 0.15) is 12.5 Å². The molecule has 1 heterocycles. The predicted octanol–water partition coefficient (Wildman–Crippen LogP) is 2.65. The maximum atomic E-state index is 12.4. The van der Waals surface area contributed by atoms with Gasteiger partial charge < -0.3 is 5.32 Å². The molecule has 0 aliphatic heterocycles. The molecule has 21 heavy (non-hydrogen) atoms. The summed E-state index contributed by atoms with van der Waals surface area (Å²) >= 11 is 6.03. The molecule has 0 atom stereocenters. The molecule has 0 saturated heterocycles. The van der Waals surface area contributed by atoms with Gasteiger partial charge in [-0.05, 0) is 36.4 Å². The fraction of sp³-hybridized carbons (Fsp3) is 0.214. The molecule has 2 N–H and O–H groups in total. The summed E-state index contributed by atoms with van der Waals surface area (Å²) in [5, 5.41) is 3.34. The monoisotopic (exact) mass is 325 g/mol. The van der Waals surface area contributed by atoms with Crippen LogP contribution < -0.4 is 10.0 Å². The zero-order valence-corrected chi connectivity index (χ0v) is 13.1. The van der Waals surface area contributed by atoms with E-state index in [0.717, 1.165) is 12.1 Å². The molecular formula is C14H16ClN3O2S. The van der Waals surface area contributed by atoms with Crippen molar-refractivity contribution in [2.75, 3.05) is 11.3 Å². The molecule has 1 aromatic heterocycles. The maximum Gasteiger partial charge on any atom is 0.263 e. The quantitative estimate of drug-likeness (QED) is 0.856. The second-order valence-corrected chi connectivity index (χ2v) is 6.44. The molecule has 0 aliphatic rings. The number of hydrogen-bond donors (Lipinski definition) is 2. The van der Waals surface area contributed by atoms with E-state index in [4.69, 9.17) is 11.6 Å². The molecule has 112 valence electrons. The van der Waals surface area contributed by atoms with Gasteiger partial charge >= 0.3 is 0 Å². The fourth-order valence-corrected chi connectivity index (χ4v) is 3.37. The van der Waals surface area contributed by atoms with Crippen molar-refractivity contribution < 1.29 is 8.42 Å². The summed E-state index contributed by atoms with van der Waals surface area (Å²) in [6.07, 6.45) is 3.03. The Kier molecular flexibility index (Phi) is 5.17. The van der Waals surface area contributed by atoms with E-state index in [1.807, 2.05) is 6.92 Å². The van der Waals surface area contributed by atoms with Crippen molar-refractivity contribution in [3.05, 3.63) is 53.3 Å². The Bertz CT molecular complexity index is 705. The van der Waals surface area contributed by atoms with Gasteiger partial charge in [0.1, 0.15) is 4.90 Å². The number of nitrogens with zero attached hydrogens (tertiary/aromatic N) is 1. The molecule has 0 radical (unpaired) electrons. The van der Waals surface area contributed by atoms with E-state index in [2.05, 4.69) is 15.0 Å². The number of hydrogen-bond acceptors (Lipinski definition) is 4. The SMILES string of the molecule is CCNCc1ccc(Cl)c(S(=O)(=O)Nc2ccncc2)c1. The number of nitrogens with one attached hydrogen (secondary N) is 2. The number of pyridine rings is 1. The lowest BCUT2D eigenvalue weighted by Crippen LogP contribution is -2.15. The molecule has 1 aromatic carbocycles. The van der Waals surface area contributed by atoms with E-state index in [1.54, 1.807) is 30.3 Å². The van der Waals surface area contributed by atoms with Gasteiger partial charge in [-0.15, -0.1) is 0 Å². The van der Waals surface area contributed by atoms with Crippen LogP contribution in [0.25, 0.3) is 0 Å². The number of rotatable bonds is 6. The van der Waals surface area contributed by atoms with Crippen LogP contribution in [0.15, 0.2) is 47.6 Å². The van der Waals surface area contributed by atoms with Crippen LogP contribution in [0.2, 0.25) is 5.02 Å². The Morgan fingerprint density at radius 3 is 2.57 bits per heavy atom. The van der Waals surface area contributed by atoms with Crippen LogP contribution >= 0.6 is 11.6 Å². The van der Waals surface area contributed by atoms with Gasteiger partial charge in [0.15, 0.2) is 0 Å². The van der Waals surface area contributed by atoms with Gasteiger partial charge in [0, 0.05) is 18.9 Å². The highest BCUT2D eigenvalue weighted by Crippen LogP contribution is 2.24. The smallest absolute Gasteiger partial charge is 0.263 e. The highest BCUT2D eigenvalue weighted by Gasteiger charge is 2.18. The summed E-state index contributed by atoms with van der Waals surface area (Å²) in [6.45, 7) is 3.38. The first-order valence-corrected chi connectivity index (χ1v) is 8.31. The number of halogens is 1. The zero-order valence-electron chi connectivity index (χ0n) is 11.5. The Labute approximate surface area is 129 Å². The fourth-order valence-electron chi connectivity index (χ4n) is 1.76. The minimum absolute atomic E-state index is 0.0661. The second kappa shape index (κ2) is 6.89. The molecule has 7 heteroatoms. The van der Waals surface area contributed by atoms with Crippen LogP contribution in [0, 0.1) is 0 Å². The van der Waals surface area contributed by atoms with Crippen molar-refractivity contribution in [1.29, 1.82) is 0 Å². The van der Waals surface area contributed by atoms with Gasteiger partial charge in [0.05, 0.1) is 10.7 Å². The summed E-state index contributed by atoms with van der Waals surface area (Å²) in [7, 11) is -3.73. The summed E-state index contributed by atoms with van der Waals surface area (Å²) < 4.78 is 27.3. The van der Waals surface area contributed by atoms with Crippen LogP contribution in [0.3, 0.4) is 0 Å². The molecule has 2 aromatic rings. The first-order valence-electron chi connectivity index (χ1n) is 6.45. The van der Waals surface area contributed by atoms with E-state index < -0.39 is 10.0 Å². The van der Waals surface area contributed by atoms with Crippen LogP contribution in [0.5, 0.6) is 0 Å². The van der Waals surface area contributed by atoms with Gasteiger partial charge in [0.2, 0.25) is 0 Å². The summed E-state index contributed by atoms with van der Waals surface area (Å²) in [4.78, 5) is 3.91. The Balaban J connectivity index is 2.30. The lowest BCUT2D eigenvalue weighted by molar-refractivity contribution is 0.601. The molecule has 0 bridgehead atoms. The van der Waals surface area contributed by atoms with Gasteiger partial charge in [-0.3, -0.25) is 9.71 Å². The summed E-state index contributed by atoms with van der Waals surface area (Å²) in [5.74, 6) is 0. The van der Waals surface area contributed by atoms with Crippen molar-refractivity contribution in [3.8, 4) is 0 Å². The Morgan fingerprint density at radius 2 is 1.90 bits per heavy atom. The van der Waals surface area contributed by atoms with Gasteiger partial charge in [0.25, 0.3) is 10.0 Å². The number of sulfonamides is 1. The topological polar surface area (TPSA) is 71.1 Å². The third kappa shape index (κ3) is 4.17. The van der Waals surface area contributed by atoms with E-state index >= 15 is 0 Å². The average molecular weight is 326 g/mol. The first-order chi connectivity index (χ1) is 10.0. The normalized spacial score (nSPS) is 11.3. The van der Waals surface area contributed by atoms with E-state index in [-0.39, 0.29) is 9.92 Å². The summed E-state index contributed by atoms with van der Waals surface area (Å²) in [5.41, 5.74) is 1.30. The molecule has 0 spiro atoms. The van der Waals surface area contributed by atoms with Gasteiger partial charge in [-0.25, -0.2) is 8.42 Å². The van der Waals surface area contributed by atoms with E-state index in [9.17, 15) is 8.42 Å². The lowest BCUT2D eigenvalue weighted by atomic mass is 10.2. The van der Waals surface area contributed by atoms with Crippen LogP contribution in [0.4, 0.5) is 5.69 Å². The Morgan fingerprint density at radius 1 is 1.19 bits per heavy atom. The van der Waals surface area contributed by atoms with E-state index in [1.165, 1.54) is 12.4 Å². The molecule has 0 amide bonds. The zero-order chi connectivity index (χ0) is 15.3. The van der Waals surface area contributed by atoms with Crippen molar-refractivity contribution in [2.45, 2.75) is 18.4 Å². The standard InChI is InChI=1S/C14H16ClN3O2S/c1-2-16-10-11-3-4-13(15)14(9-11)21(19,20)18-12-5-7-17-8-6-12/h3-9,16H,2,10H2,1H3,(H,17,18). The second-order valence-electron chi connectivity index (χ2n) is 4.39. The van der Waals surface area contributed by atoms with Crippen molar-refractivity contribution >= 4 is 27.3 Å². The van der Waals surface area contributed by atoms with E-state index in [0.29, 0.717) is 12.2 Å². The number of benzene rings is 1. The maximum absolute atomic E-state index is 12.4. The summed E-state index contributed by atoms with van der Waals surface area (Å²) in [6, 6.07) is 8.13. The minimum atomic E-state index is -3.73. The molecule has 0 saturated carbocycles. The van der Waals surface area contributed by atoms with Crippen LogP contribution in [-0.4, -0.2) is 19.9 Å². The highest BCUT2D eigenvalue weighted by molar-refractivity contribution is 7.92. The molecule has 0 fully saturated rings. The molecular weight excluding hydrogens is 310 g/mol. The van der Waals surface area contributed by atoms with Crippen molar-refractivity contribution in [1.82, 2.24) is 10.3 Å². The molecule has 2 rings (SSSR count). The highest BCUT2D eigenvalue weighted by atomic mass is 35.5. The minimum Gasteiger partial charge on any atom is -0.313 e. The predicted molar refractivity (Wildman–Crippen MR) is 83.9 cm³/mol. The molecule has 5 nitrogen and oxygen atoms in total. The largest absolute Gasteiger partial charge is 0.313 e. The average Bonchev–Trinajstić information content (AvgIpc) is 2.47. The Hall–Kier alpha value is -1.63. The number of aromatic nitrogens is 1. The first kappa shape index (κ1) is 15.8. The van der Waals surface area contributed by atoms with Gasteiger partial charge in [-0.2, -0.15) is 0 Å². The third-order valence-electron chi connectivity index (χ3n) is 2.80.